The van der Waals surface area contributed by atoms with Crippen LogP contribution in [0.15, 0.2) is 24.3 Å². The Morgan fingerprint density at radius 1 is 1.44 bits per heavy atom. The number of methoxy groups -OCH3 is 1. The SMILES string of the molecule is COc1cccc(C(C(C)F)C2(N)CC2)c1. The topological polar surface area (TPSA) is 35.2 Å². The van der Waals surface area contributed by atoms with E-state index in [0.717, 1.165) is 24.2 Å². The Bertz CT molecular complexity index is 374. The van der Waals surface area contributed by atoms with Gasteiger partial charge in [0.1, 0.15) is 11.9 Å². The maximum Gasteiger partial charge on any atom is 0.119 e. The summed E-state index contributed by atoms with van der Waals surface area (Å²) in [6, 6.07) is 7.55. The van der Waals surface area contributed by atoms with E-state index < -0.39 is 6.17 Å². The predicted octanol–water partition coefficient (Wildman–Crippen LogP) is 2.63. The second-order valence-corrected chi connectivity index (χ2v) is 4.66. The first-order valence-electron chi connectivity index (χ1n) is 5.64. The highest BCUT2D eigenvalue weighted by molar-refractivity contribution is 5.35. The van der Waals surface area contributed by atoms with Gasteiger partial charge in [0.25, 0.3) is 0 Å². The molecule has 1 aliphatic carbocycles. The molecule has 2 N–H and O–H groups in total. The summed E-state index contributed by atoms with van der Waals surface area (Å²) >= 11 is 0. The highest BCUT2D eigenvalue weighted by atomic mass is 19.1. The fourth-order valence-corrected chi connectivity index (χ4v) is 2.34. The van der Waals surface area contributed by atoms with Crippen LogP contribution in [0, 0.1) is 0 Å². The molecule has 1 aromatic rings. The molecule has 0 amide bonds. The van der Waals surface area contributed by atoms with Gasteiger partial charge in [-0.15, -0.1) is 0 Å². The molecule has 16 heavy (non-hydrogen) atoms. The van der Waals surface area contributed by atoms with E-state index in [1.165, 1.54) is 0 Å². The third kappa shape index (κ3) is 2.05. The largest absolute Gasteiger partial charge is 0.497 e. The summed E-state index contributed by atoms with van der Waals surface area (Å²) in [7, 11) is 1.61. The van der Waals surface area contributed by atoms with Gasteiger partial charge >= 0.3 is 0 Å². The summed E-state index contributed by atoms with van der Waals surface area (Å²) in [5, 5.41) is 0. The Balaban J connectivity index is 2.31. The minimum Gasteiger partial charge on any atom is -0.497 e. The molecule has 0 radical (unpaired) electrons. The Morgan fingerprint density at radius 3 is 2.62 bits per heavy atom. The maximum absolute atomic E-state index is 13.7. The van der Waals surface area contributed by atoms with E-state index in [4.69, 9.17) is 10.5 Å². The predicted molar refractivity (Wildman–Crippen MR) is 62.5 cm³/mol. The molecule has 0 heterocycles. The monoisotopic (exact) mass is 223 g/mol. The summed E-state index contributed by atoms with van der Waals surface area (Å²) in [6.45, 7) is 1.58. The summed E-state index contributed by atoms with van der Waals surface area (Å²) in [5.74, 6) is 0.537. The molecule has 88 valence electrons. The van der Waals surface area contributed by atoms with Crippen LogP contribution in [-0.2, 0) is 0 Å². The van der Waals surface area contributed by atoms with Crippen LogP contribution >= 0.6 is 0 Å². The first kappa shape index (κ1) is 11.4. The molecular formula is C13H18FNO. The van der Waals surface area contributed by atoms with Crippen LogP contribution in [0.2, 0.25) is 0 Å². The fraction of sp³-hybridized carbons (Fsp3) is 0.538. The molecule has 0 bridgehead atoms. The van der Waals surface area contributed by atoms with Crippen LogP contribution in [0.1, 0.15) is 31.2 Å². The van der Waals surface area contributed by atoms with E-state index in [1.807, 2.05) is 24.3 Å². The Hall–Kier alpha value is -1.09. The van der Waals surface area contributed by atoms with Crippen molar-refractivity contribution in [3.63, 3.8) is 0 Å². The zero-order valence-electron chi connectivity index (χ0n) is 9.74. The number of ether oxygens (including phenoxy) is 1. The van der Waals surface area contributed by atoms with E-state index in [2.05, 4.69) is 0 Å². The van der Waals surface area contributed by atoms with Gasteiger partial charge in [0, 0.05) is 11.5 Å². The normalized spacial score (nSPS) is 21.2. The van der Waals surface area contributed by atoms with E-state index in [1.54, 1.807) is 14.0 Å². The van der Waals surface area contributed by atoms with Crippen LogP contribution in [0.25, 0.3) is 0 Å². The molecule has 0 aliphatic heterocycles. The zero-order chi connectivity index (χ0) is 11.8. The number of alkyl halides is 1. The summed E-state index contributed by atoms with van der Waals surface area (Å²) < 4.78 is 18.9. The summed E-state index contributed by atoms with van der Waals surface area (Å²) in [4.78, 5) is 0. The minimum atomic E-state index is -0.931. The molecular weight excluding hydrogens is 205 g/mol. The van der Waals surface area contributed by atoms with Gasteiger partial charge < -0.3 is 10.5 Å². The van der Waals surface area contributed by atoms with Gasteiger partial charge in [-0.2, -0.15) is 0 Å². The highest BCUT2D eigenvalue weighted by Crippen LogP contribution is 2.47. The van der Waals surface area contributed by atoms with Gasteiger partial charge in [-0.3, -0.25) is 0 Å². The first-order valence-corrected chi connectivity index (χ1v) is 5.64. The maximum atomic E-state index is 13.7. The number of nitrogens with two attached hydrogens (primary N) is 1. The van der Waals surface area contributed by atoms with Gasteiger partial charge in [0.05, 0.1) is 7.11 Å². The average molecular weight is 223 g/mol. The molecule has 1 fully saturated rings. The van der Waals surface area contributed by atoms with Crippen molar-refractivity contribution in [2.45, 2.75) is 37.4 Å². The van der Waals surface area contributed by atoms with Crippen molar-refractivity contribution < 1.29 is 9.13 Å². The first-order chi connectivity index (χ1) is 7.57. The van der Waals surface area contributed by atoms with Crippen molar-refractivity contribution in [1.82, 2.24) is 0 Å². The van der Waals surface area contributed by atoms with Gasteiger partial charge in [-0.25, -0.2) is 4.39 Å². The molecule has 1 aromatic carbocycles. The second-order valence-electron chi connectivity index (χ2n) is 4.66. The molecule has 0 aromatic heterocycles. The number of rotatable bonds is 4. The fourth-order valence-electron chi connectivity index (χ4n) is 2.34. The zero-order valence-corrected chi connectivity index (χ0v) is 9.74. The van der Waals surface area contributed by atoms with Crippen LogP contribution < -0.4 is 10.5 Å². The molecule has 2 rings (SSSR count). The van der Waals surface area contributed by atoms with Crippen molar-refractivity contribution in [3.05, 3.63) is 29.8 Å². The molecule has 1 aliphatic rings. The van der Waals surface area contributed by atoms with Gasteiger partial charge in [-0.05, 0) is 37.5 Å². The van der Waals surface area contributed by atoms with Crippen molar-refractivity contribution >= 4 is 0 Å². The van der Waals surface area contributed by atoms with E-state index >= 15 is 0 Å². The van der Waals surface area contributed by atoms with Crippen LogP contribution in [0.5, 0.6) is 5.75 Å². The van der Waals surface area contributed by atoms with Crippen LogP contribution in [0.3, 0.4) is 0 Å². The highest BCUT2D eigenvalue weighted by Gasteiger charge is 2.48. The smallest absolute Gasteiger partial charge is 0.119 e. The number of hydrogen-bond acceptors (Lipinski definition) is 2. The number of benzene rings is 1. The minimum absolute atomic E-state index is 0.220. The summed E-state index contributed by atoms with van der Waals surface area (Å²) in [5.41, 5.74) is 6.73. The lowest BCUT2D eigenvalue weighted by Gasteiger charge is -2.25. The lowest BCUT2D eigenvalue weighted by Crippen LogP contribution is -2.35. The van der Waals surface area contributed by atoms with Gasteiger partial charge in [0.15, 0.2) is 0 Å². The Morgan fingerprint density at radius 2 is 2.12 bits per heavy atom. The molecule has 0 saturated heterocycles. The Labute approximate surface area is 95.6 Å². The molecule has 2 atom stereocenters. The standard InChI is InChI=1S/C13H18FNO/c1-9(14)12(13(15)6-7-13)10-4-3-5-11(8-10)16-2/h3-5,8-9,12H,6-7,15H2,1-2H3. The van der Waals surface area contributed by atoms with Crippen molar-refractivity contribution in [2.24, 2.45) is 5.73 Å². The van der Waals surface area contributed by atoms with E-state index in [0.29, 0.717) is 0 Å². The van der Waals surface area contributed by atoms with E-state index in [-0.39, 0.29) is 11.5 Å². The lowest BCUT2D eigenvalue weighted by atomic mass is 9.86. The van der Waals surface area contributed by atoms with Crippen molar-refractivity contribution in [3.8, 4) is 5.75 Å². The van der Waals surface area contributed by atoms with Gasteiger partial charge in [0.2, 0.25) is 0 Å². The van der Waals surface area contributed by atoms with Crippen molar-refractivity contribution in [1.29, 1.82) is 0 Å². The Kier molecular flexibility index (Phi) is 2.89. The third-order valence-electron chi connectivity index (χ3n) is 3.36. The molecule has 2 unspecified atom stereocenters. The lowest BCUT2D eigenvalue weighted by molar-refractivity contribution is 0.268. The molecule has 2 nitrogen and oxygen atoms in total. The third-order valence-corrected chi connectivity index (χ3v) is 3.36. The quantitative estimate of drug-likeness (QED) is 0.851. The van der Waals surface area contributed by atoms with Crippen LogP contribution in [0.4, 0.5) is 4.39 Å². The number of halogens is 1. The summed E-state index contributed by atoms with van der Waals surface area (Å²) in [6.07, 6.45) is 0.881. The van der Waals surface area contributed by atoms with Crippen LogP contribution in [-0.4, -0.2) is 18.8 Å². The number of hydrogen-bond donors (Lipinski definition) is 1. The molecule has 1 saturated carbocycles. The average Bonchev–Trinajstić information content (AvgIpc) is 2.97. The molecule has 3 heteroatoms. The second kappa shape index (κ2) is 4.06. The van der Waals surface area contributed by atoms with Gasteiger partial charge in [-0.1, -0.05) is 12.1 Å². The van der Waals surface area contributed by atoms with Crippen molar-refractivity contribution in [2.75, 3.05) is 7.11 Å². The molecule has 0 spiro atoms. The van der Waals surface area contributed by atoms with E-state index in [9.17, 15) is 4.39 Å².